The summed E-state index contributed by atoms with van der Waals surface area (Å²) in [6.45, 7) is 3.86. The third-order valence-corrected chi connectivity index (χ3v) is 4.04. The van der Waals surface area contributed by atoms with Crippen molar-refractivity contribution in [2.24, 2.45) is 7.05 Å². The van der Waals surface area contributed by atoms with Crippen LogP contribution in [0, 0.1) is 6.92 Å². The molecule has 0 aliphatic rings. The van der Waals surface area contributed by atoms with Crippen molar-refractivity contribution in [1.29, 1.82) is 0 Å². The summed E-state index contributed by atoms with van der Waals surface area (Å²) in [7, 11) is 1.83. The Morgan fingerprint density at radius 3 is 2.75 bits per heavy atom. The van der Waals surface area contributed by atoms with E-state index in [1.807, 2.05) is 32.2 Å². The van der Waals surface area contributed by atoms with Crippen LogP contribution in [0.25, 0.3) is 0 Å². The van der Waals surface area contributed by atoms with Gasteiger partial charge >= 0.3 is 0 Å². The number of ether oxygens (including phenoxy) is 1. The third-order valence-electron chi connectivity index (χ3n) is 3.05. The topological polar surface area (TPSA) is 47.3 Å². The molecular formula is C14H16BrClN2O2. The minimum atomic E-state index is -0.596. The molecule has 1 aromatic heterocycles. The van der Waals surface area contributed by atoms with E-state index in [0.717, 1.165) is 21.4 Å². The van der Waals surface area contributed by atoms with Crippen molar-refractivity contribution < 1.29 is 9.84 Å². The van der Waals surface area contributed by atoms with Crippen molar-refractivity contribution in [3.05, 3.63) is 44.6 Å². The molecule has 2 aromatic rings. The third kappa shape index (κ3) is 3.16. The number of hydrogen-bond donors (Lipinski definition) is 1. The monoisotopic (exact) mass is 358 g/mol. The molecule has 0 amide bonds. The lowest BCUT2D eigenvalue weighted by Crippen LogP contribution is -2.05. The van der Waals surface area contributed by atoms with E-state index in [-0.39, 0.29) is 0 Å². The van der Waals surface area contributed by atoms with Gasteiger partial charge in [0.15, 0.2) is 0 Å². The summed E-state index contributed by atoms with van der Waals surface area (Å²) in [4.78, 5) is 0. The molecule has 0 saturated carbocycles. The molecule has 0 aliphatic heterocycles. The second kappa shape index (κ2) is 6.16. The van der Waals surface area contributed by atoms with Gasteiger partial charge in [0, 0.05) is 17.1 Å². The van der Waals surface area contributed by atoms with Crippen molar-refractivity contribution in [3.8, 4) is 5.75 Å². The summed E-state index contributed by atoms with van der Waals surface area (Å²) in [6.07, 6.45) is -0.596. The number of hydrogen-bond acceptors (Lipinski definition) is 3. The molecule has 20 heavy (non-hydrogen) atoms. The highest BCUT2D eigenvalue weighted by molar-refractivity contribution is 9.10. The lowest BCUT2D eigenvalue weighted by molar-refractivity contribution is 0.189. The van der Waals surface area contributed by atoms with Crippen molar-refractivity contribution in [1.82, 2.24) is 9.78 Å². The number of nitrogens with zero attached hydrogens (tertiary/aromatic N) is 2. The van der Waals surface area contributed by atoms with E-state index in [1.165, 1.54) is 0 Å². The van der Waals surface area contributed by atoms with Gasteiger partial charge in [0.25, 0.3) is 0 Å². The van der Waals surface area contributed by atoms with E-state index in [1.54, 1.807) is 11.6 Å². The number of aliphatic hydroxyl groups excluding tert-OH is 1. The van der Waals surface area contributed by atoms with Gasteiger partial charge in [-0.1, -0.05) is 33.6 Å². The Morgan fingerprint density at radius 1 is 1.50 bits per heavy atom. The van der Waals surface area contributed by atoms with Gasteiger partial charge in [-0.15, -0.1) is 0 Å². The Labute approximate surface area is 131 Å². The second-order valence-electron chi connectivity index (χ2n) is 4.62. The fourth-order valence-corrected chi connectivity index (χ4v) is 2.52. The first kappa shape index (κ1) is 15.4. The zero-order chi connectivity index (χ0) is 14.9. The lowest BCUT2D eigenvalue weighted by Gasteiger charge is -2.14. The Bertz CT molecular complexity index is 626. The average molecular weight is 360 g/mol. The van der Waals surface area contributed by atoms with Gasteiger partial charge in [-0.25, -0.2) is 0 Å². The van der Waals surface area contributed by atoms with Crippen molar-refractivity contribution in [2.75, 3.05) is 0 Å². The predicted molar refractivity (Wildman–Crippen MR) is 82.1 cm³/mol. The number of halogens is 2. The molecule has 6 heteroatoms. The van der Waals surface area contributed by atoms with Crippen LogP contribution in [0.1, 0.15) is 30.0 Å². The van der Waals surface area contributed by atoms with E-state index >= 15 is 0 Å². The number of aliphatic hydroxyl groups is 1. The van der Waals surface area contributed by atoms with Gasteiger partial charge < -0.3 is 9.84 Å². The molecule has 0 bridgehead atoms. The van der Waals surface area contributed by atoms with Crippen LogP contribution >= 0.6 is 27.5 Å². The van der Waals surface area contributed by atoms with Gasteiger partial charge in [0.05, 0.1) is 22.5 Å². The number of rotatable bonds is 4. The minimum Gasteiger partial charge on any atom is -0.487 e. The highest BCUT2D eigenvalue weighted by atomic mass is 79.9. The summed E-state index contributed by atoms with van der Waals surface area (Å²) in [6, 6.07) is 5.54. The lowest BCUT2D eigenvalue weighted by atomic mass is 10.1. The van der Waals surface area contributed by atoms with E-state index in [9.17, 15) is 5.11 Å². The van der Waals surface area contributed by atoms with Crippen LogP contribution in [0.15, 0.2) is 22.7 Å². The molecule has 0 fully saturated rings. The van der Waals surface area contributed by atoms with Crippen LogP contribution in [-0.2, 0) is 13.7 Å². The molecule has 1 N–H and O–H groups in total. The molecule has 0 radical (unpaired) electrons. The molecule has 1 aromatic carbocycles. The molecule has 1 heterocycles. The van der Waals surface area contributed by atoms with Gasteiger partial charge in [-0.3, -0.25) is 4.68 Å². The second-order valence-corrected chi connectivity index (χ2v) is 5.91. The first-order valence-corrected chi connectivity index (χ1v) is 7.35. The Kier molecular flexibility index (Phi) is 4.73. The van der Waals surface area contributed by atoms with Crippen LogP contribution in [0.5, 0.6) is 5.75 Å². The number of aryl methyl sites for hydroxylation is 2. The zero-order valence-electron chi connectivity index (χ0n) is 11.5. The quantitative estimate of drug-likeness (QED) is 0.904. The Hall–Kier alpha value is -1.04. The average Bonchev–Trinajstić information content (AvgIpc) is 2.61. The highest BCUT2D eigenvalue weighted by Crippen LogP contribution is 2.30. The van der Waals surface area contributed by atoms with Crippen molar-refractivity contribution >= 4 is 27.5 Å². The summed E-state index contributed by atoms with van der Waals surface area (Å²) in [5, 5.41) is 14.6. The normalized spacial score (nSPS) is 12.5. The highest BCUT2D eigenvalue weighted by Gasteiger charge is 2.14. The molecule has 0 unspecified atom stereocenters. The summed E-state index contributed by atoms with van der Waals surface area (Å²) in [5.74, 6) is 0.629. The van der Waals surface area contributed by atoms with Crippen LogP contribution in [0.2, 0.25) is 5.02 Å². The van der Waals surface area contributed by atoms with Gasteiger partial charge in [0.1, 0.15) is 12.4 Å². The Balaban J connectivity index is 2.24. The van der Waals surface area contributed by atoms with Crippen LogP contribution in [-0.4, -0.2) is 14.9 Å². The minimum absolute atomic E-state index is 0.298. The van der Waals surface area contributed by atoms with E-state index < -0.39 is 6.10 Å². The molecule has 108 valence electrons. The molecule has 4 nitrogen and oxygen atoms in total. The van der Waals surface area contributed by atoms with Crippen LogP contribution in [0.4, 0.5) is 0 Å². The maximum absolute atomic E-state index is 9.77. The van der Waals surface area contributed by atoms with E-state index in [0.29, 0.717) is 17.4 Å². The van der Waals surface area contributed by atoms with E-state index in [2.05, 4.69) is 21.0 Å². The fraction of sp³-hybridized carbons (Fsp3) is 0.357. The molecule has 0 aliphatic carbocycles. The van der Waals surface area contributed by atoms with Gasteiger partial charge in [-0.2, -0.15) is 5.10 Å². The zero-order valence-corrected chi connectivity index (χ0v) is 13.9. The van der Waals surface area contributed by atoms with Crippen LogP contribution < -0.4 is 4.74 Å². The summed E-state index contributed by atoms with van der Waals surface area (Å²) < 4.78 is 8.40. The first-order valence-electron chi connectivity index (χ1n) is 6.18. The van der Waals surface area contributed by atoms with Crippen LogP contribution in [0.3, 0.4) is 0 Å². The molecule has 1 atom stereocenters. The Morgan fingerprint density at radius 2 is 2.20 bits per heavy atom. The SMILES string of the molecule is Cc1nn(C)c(COc2cc(Br)ccc2[C@H](C)O)c1Cl. The van der Waals surface area contributed by atoms with E-state index in [4.69, 9.17) is 16.3 Å². The molecule has 0 saturated heterocycles. The number of aromatic nitrogens is 2. The maximum Gasteiger partial charge on any atom is 0.131 e. The number of benzene rings is 1. The molecule has 0 spiro atoms. The van der Waals surface area contributed by atoms with Gasteiger partial charge in [0.2, 0.25) is 0 Å². The summed E-state index contributed by atoms with van der Waals surface area (Å²) >= 11 is 9.59. The van der Waals surface area contributed by atoms with Crippen molar-refractivity contribution in [2.45, 2.75) is 26.6 Å². The summed E-state index contributed by atoms with van der Waals surface area (Å²) in [5.41, 5.74) is 2.32. The standard InChI is InChI=1S/C14H16BrClN2O2/c1-8-14(16)12(18(3)17-8)7-20-13-6-10(15)4-5-11(13)9(2)19/h4-6,9,19H,7H2,1-3H3/t9-/m0/s1. The fourth-order valence-electron chi connectivity index (χ4n) is 1.96. The molecule has 2 rings (SSSR count). The maximum atomic E-state index is 9.77. The van der Waals surface area contributed by atoms with Crippen molar-refractivity contribution in [3.63, 3.8) is 0 Å². The first-order chi connectivity index (χ1) is 9.40. The van der Waals surface area contributed by atoms with Gasteiger partial charge in [-0.05, 0) is 26.0 Å². The smallest absolute Gasteiger partial charge is 0.131 e. The largest absolute Gasteiger partial charge is 0.487 e. The predicted octanol–water partition coefficient (Wildman–Crippen LogP) is 3.78. The molecular weight excluding hydrogens is 344 g/mol.